The standard InChI is InChI=1S/C7H11N3O3/c1-4(6(12)13)8-7-9-5(11)3-10(7)2/h4H,3H2,1-2H3,(H,12,13)(H,8,9,11)/t4-/m1/s1. The normalized spacial score (nSPS) is 21.8. The van der Waals surface area contributed by atoms with Crippen molar-refractivity contribution in [1.82, 2.24) is 10.2 Å². The first-order valence-corrected chi connectivity index (χ1v) is 3.82. The molecule has 0 spiro atoms. The first kappa shape index (κ1) is 9.50. The van der Waals surface area contributed by atoms with E-state index < -0.39 is 12.0 Å². The lowest BCUT2D eigenvalue weighted by Gasteiger charge is -2.09. The molecule has 0 unspecified atom stereocenters. The molecule has 1 heterocycles. The van der Waals surface area contributed by atoms with Gasteiger partial charge in [0.1, 0.15) is 6.04 Å². The average molecular weight is 185 g/mol. The largest absolute Gasteiger partial charge is 0.480 e. The molecule has 72 valence electrons. The molecule has 6 heteroatoms. The minimum Gasteiger partial charge on any atom is -0.480 e. The third-order valence-corrected chi connectivity index (χ3v) is 1.67. The van der Waals surface area contributed by atoms with Gasteiger partial charge in [0.15, 0.2) is 0 Å². The zero-order chi connectivity index (χ0) is 10.0. The second-order valence-corrected chi connectivity index (χ2v) is 2.87. The number of rotatable bonds is 2. The van der Waals surface area contributed by atoms with Crippen LogP contribution in [-0.2, 0) is 9.59 Å². The number of hydrogen-bond acceptors (Lipinski definition) is 3. The highest BCUT2D eigenvalue weighted by molar-refractivity contribution is 6.04. The van der Waals surface area contributed by atoms with Gasteiger partial charge in [0.05, 0.1) is 6.54 Å². The minimum absolute atomic E-state index is 0.168. The highest BCUT2D eigenvalue weighted by Crippen LogP contribution is 1.98. The van der Waals surface area contributed by atoms with Gasteiger partial charge in [0.25, 0.3) is 0 Å². The van der Waals surface area contributed by atoms with E-state index >= 15 is 0 Å². The maximum atomic E-state index is 10.8. The number of aliphatic carboxylic acids is 1. The zero-order valence-corrected chi connectivity index (χ0v) is 7.44. The Morgan fingerprint density at radius 2 is 2.38 bits per heavy atom. The Bertz CT molecular complexity index is 274. The molecule has 1 rings (SSSR count). The van der Waals surface area contributed by atoms with E-state index in [2.05, 4.69) is 10.3 Å². The van der Waals surface area contributed by atoms with Gasteiger partial charge in [0.2, 0.25) is 11.9 Å². The number of likely N-dealkylation sites (N-methyl/N-ethyl adjacent to an activating group) is 1. The van der Waals surface area contributed by atoms with Gasteiger partial charge in [-0.2, -0.15) is 0 Å². The molecular weight excluding hydrogens is 174 g/mol. The van der Waals surface area contributed by atoms with E-state index in [1.807, 2.05) is 0 Å². The number of guanidine groups is 1. The Hall–Kier alpha value is -1.59. The van der Waals surface area contributed by atoms with E-state index in [4.69, 9.17) is 5.11 Å². The summed E-state index contributed by atoms with van der Waals surface area (Å²) in [5.41, 5.74) is 0. The molecule has 0 radical (unpaired) electrons. The van der Waals surface area contributed by atoms with Gasteiger partial charge in [-0.15, -0.1) is 0 Å². The highest BCUT2D eigenvalue weighted by atomic mass is 16.4. The third-order valence-electron chi connectivity index (χ3n) is 1.67. The lowest BCUT2D eigenvalue weighted by Crippen LogP contribution is -2.30. The Morgan fingerprint density at radius 1 is 1.77 bits per heavy atom. The molecule has 1 saturated heterocycles. The molecule has 1 amide bonds. The van der Waals surface area contributed by atoms with E-state index in [1.165, 1.54) is 6.92 Å². The van der Waals surface area contributed by atoms with Crippen molar-refractivity contribution in [3.63, 3.8) is 0 Å². The molecule has 1 aliphatic rings. The summed E-state index contributed by atoms with van der Waals surface area (Å²) in [7, 11) is 1.67. The van der Waals surface area contributed by atoms with Crippen LogP contribution in [-0.4, -0.2) is 47.5 Å². The lowest BCUT2D eigenvalue weighted by molar-refractivity contribution is -0.138. The molecule has 1 aliphatic heterocycles. The van der Waals surface area contributed by atoms with Gasteiger partial charge in [-0.05, 0) is 6.92 Å². The van der Waals surface area contributed by atoms with Crippen molar-refractivity contribution >= 4 is 17.8 Å². The number of nitrogens with one attached hydrogen (secondary N) is 1. The number of hydrogen-bond donors (Lipinski definition) is 2. The quantitative estimate of drug-likeness (QED) is 0.570. The first-order chi connectivity index (χ1) is 6.00. The summed E-state index contributed by atoms with van der Waals surface area (Å²) < 4.78 is 0. The monoisotopic (exact) mass is 185 g/mol. The summed E-state index contributed by atoms with van der Waals surface area (Å²) >= 11 is 0. The number of nitrogens with zero attached hydrogens (tertiary/aromatic N) is 2. The van der Waals surface area contributed by atoms with Crippen LogP contribution in [0.1, 0.15) is 6.92 Å². The van der Waals surface area contributed by atoms with E-state index in [9.17, 15) is 9.59 Å². The van der Waals surface area contributed by atoms with E-state index in [0.717, 1.165) is 0 Å². The molecule has 6 nitrogen and oxygen atoms in total. The smallest absolute Gasteiger partial charge is 0.328 e. The van der Waals surface area contributed by atoms with Gasteiger partial charge in [-0.1, -0.05) is 0 Å². The van der Waals surface area contributed by atoms with Gasteiger partial charge in [-0.3, -0.25) is 10.1 Å². The molecule has 0 aromatic carbocycles. The van der Waals surface area contributed by atoms with Crippen LogP contribution in [0.2, 0.25) is 0 Å². The Balaban J connectivity index is 2.71. The molecule has 0 aromatic heterocycles. The predicted molar refractivity (Wildman–Crippen MR) is 45.3 cm³/mol. The summed E-state index contributed by atoms with van der Waals surface area (Å²) in [6.45, 7) is 1.68. The van der Waals surface area contributed by atoms with Crippen LogP contribution in [0.5, 0.6) is 0 Å². The van der Waals surface area contributed by atoms with Crippen molar-refractivity contribution in [3.05, 3.63) is 0 Å². The second kappa shape index (κ2) is 3.42. The number of carbonyl (C=O) groups is 2. The molecule has 0 saturated carbocycles. The summed E-state index contributed by atoms with van der Waals surface area (Å²) in [5, 5.41) is 11.0. The molecule has 1 fully saturated rings. The fraction of sp³-hybridized carbons (Fsp3) is 0.571. The van der Waals surface area contributed by atoms with Crippen LogP contribution in [0.15, 0.2) is 4.99 Å². The van der Waals surface area contributed by atoms with Crippen molar-refractivity contribution in [2.45, 2.75) is 13.0 Å². The summed E-state index contributed by atoms with van der Waals surface area (Å²) in [4.78, 5) is 26.7. The highest BCUT2D eigenvalue weighted by Gasteiger charge is 2.22. The third kappa shape index (κ3) is 2.17. The van der Waals surface area contributed by atoms with Gasteiger partial charge in [0, 0.05) is 7.05 Å². The van der Waals surface area contributed by atoms with Crippen LogP contribution < -0.4 is 5.32 Å². The SMILES string of the molecule is C[C@@H](N=C1NC(=O)CN1C)C(=O)O. The summed E-state index contributed by atoms with van der Waals surface area (Å²) in [6.07, 6.45) is 0. The van der Waals surface area contributed by atoms with E-state index in [0.29, 0.717) is 5.96 Å². The van der Waals surface area contributed by atoms with E-state index in [-0.39, 0.29) is 12.5 Å². The molecule has 2 N–H and O–H groups in total. The lowest BCUT2D eigenvalue weighted by atomic mass is 10.4. The van der Waals surface area contributed by atoms with Crippen LogP contribution in [0.3, 0.4) is 0 Å². The van der Waals surface area contributed by atoms with Gasteiger partial charge in [-0.25, -0.2) is 9.79 Å². The number of carbonyl (C=O) groups excluding carboxylic acids is 1. The van der Waals surface area contributed by atoms with Crippen LogP contribution >= 0.6 is 0 Å². The molecule has 0 aliphatic carbocycles. The number of amides is 1. The maximum absolute atomic E-state index is 10.8. The van der Waals surface area contributed by atoms with Crippen molar-refractivity contribution in [2.75, 3.05) is 13.6 Å². The van der Waals surface area contributed by atoms with Gasteiger partial charge < -0.3 is 10.0 Å². The number of aliphatic imine (C=N–C) groups is 1. The van der Waals surface area contributed by atoms with Crippen LogP contribution in [0.25, 0.3) is 0 Å². The Morgan fingerprint density at radius 3 is 2.77 bits per heavy atom. The van der Waals surface area contributed by atoms with Crippen molar-refractivity contribution < 1.29 is 14.7 Å². The fourth-order valence-corrected chi connectivity index (χ4v) is 0.919. The zero-order valence-electron chi connectivity index (χ0n) is 7.44. The van der Waals surface area contributed by atoms with Crippen molar-refractivity contribution in [2.24, 2.45) is 4.99 Å². The molecule has 0 bridgehead atoms. The van der Waals surface area contributed by atoms with Gasteiger partial charge >= 0.3 is 5.97 Å². The molecule has 13 heavy (non-hydrogen) atoms. The van der Waals surface area contributed by atoms with Crippen molar-refractivity contribution in [3.8, 4) is 0 Å². The molecule has 0 aromatic rings. The molecule has 1 atom stereocenters. The Kier molecular flexibility index (Phi) is 2.50. The average Bonchev–Trinajstić information content (AvgIpc) is 2.30. The number of carboxylic acids is 1. The van der Waals surface area contributed by atoms with E-state index in [1.54, 1.807) is 11.9 Å². The van der Waals surface area contributed by atoms with Crippen LogP contribution in [0, 0.1) is 0 Å². The Labute approximate surface area is 75.2 Å². The summed E-state index contributed by atoms with van der Waals surface area (Å²) in [5.74, 6) is -0.860. The fourth-order valence-electron chi connectivity index (χ4n) is 0.919. The maximum Gasteiger partial charge on any atom is 0.328 e. The minimum atomic E-state index is -1.01. The number of carboxylic acid groups (broad SMARTS) is 1. The van der Waals surface area contributed by atoms with Crippen LogP contribution in [0.4, 0.5) is 0 Å². The topological polar surface area (TPSA) is 82.0 Å². The van der Waals surface area contributed by atoms with Crippen molar-refractivity contribution in [1.29, 1.82) is 0 Å². The molecular formula is C7H11N3O3. The summed E-state index contributed by atoms with van der Waals surface area (Å²) in [6, 6.07) is -0.837. The predicted octanol–water partition coefficient (Wildman–Crippen LogP) is -1.12. The second-order valence-electron chi connectivity index (χ2n) is 2.87. The first-order valence-electron chi connectivity index (χ1n) is 3.82.